The molecule has 3 aromatic rings. The van der Waals surface area contributed by atoms with Crippen LogP contribution in [0.2, 0.25) is 0 Å². The summed E-state index contributed by atoms with van der Waals surface area (Å²) in [5.41, 5.74) is -1.14. The second-order valence-electron chi connectivity index (χ2n) is 11.7. The average Bonchev–Trinajstić information content (AvgIpc) is 3.24. The molecule has 3 aromatic heterocycles. The monoisotopic (exact) mass is 625 g/mol. The van der Waals surface area contributed by atoms with Gasteiger partial charge in [-0.1, -0.05) is 6.92 Å². The summed E-state index contributed by atoms with van der Waals surface area (Å²) < 4.78 is 51.3. The number of aryl methyl sites for hydroxylation is 2. The van der Waals surface area contributed by atoms with E-state index in [0.717, 1.165) is 30.9 Å². The number of aromatic nitrogens is 5. The van der Waals surface area contributed by atoms with Crippen LogP contribution in [-0.2, 0) is 7.05 Å². The highest BCUT2D eigenvalue weighted by Gasteiger charge is 2.48. The number of rotatable bonds is 12. The number of ether oxygens (including phenoxy) is 1. The Bertz CT molecular complexity index is 1420. The number of anilines is 1. The molecule has 2 atom stereocenters. The lowest BCUT2D eigenvalue weighted by atomic mass is 9.94. The van der Waals surface area contributed by atoms with Gasteiger partial charge in [-0.15, -0.1) is 5.10 Å². The zero-order valence-electron chi connectivity index (χ0n) is 25.1. The van der Waals surface area contributed by atoms with E-state index in [2.05, 4.69) is 40.6 Å². The number of thioether (sulfide) groups is 1. The number of nitrogens with one attached hydrogen (secondary N) is 1. The number of hydrogen-bond donors (Lipinski definition) is 1. The van der Waals surface area contributed by atoms with Crippen LogP contribution in [0.25, 0.3) is 5.82 Å². The topological polar surface area (TPSA) is 90.1 Å². The lowest BCUT2D eigenvalue weighted by Gasteiger charge is -2.40. The summed E-state index contributed by atoms with van der Waals surface area (Å²) in [6.07, 6.45) is -0.0833. The fourth-order valence-corrected chi connectivity index (χ4v) is 6.31. The normalized spacial score (nSPS) is 17.3. The molecule has 1 saturated heterocycles. The Hall–Kier alpha value is -2.87. The van der Waals surface area contributed by atoms with Gasteiger partial charge in [0.2, 0.25) is 5.88 Å². The third kappa shape index (κ3) is 7.19. The summed E-state index contributed by atoms with van der Waals surface area (Å²) in [6, 6.07) is 4.86. The molecule has 0 bridgehead atoms. The van der Waals surface area contributed by atoms with Gasteiger partial charge in [0.25, 0.3) is 5.91 Å². The van der Waals surface area contributed by atoms with Gasteiger partial charge in [-0.05, 0) is 72.0 Å². The van der Waals surface area contributed by atoms with Crippen molar-refractivity contribution < 1.29 is 22.7 Å². The van der Waals surface area contributed by atoms with Crippen LogP contribution in [-0.4, -0.2) is 65.8 Å². The first-order chi connectivity index (χ1) is 19.5. The summed E-state index contributed by atoms with van der Waals surface area (Å²) in [6.45, 7) is 12.6. The van der Waals surface area contributed by atoms with Crippen LogP contribution in [0.5, 0.6) is 5.88 Å². The fraction of sp³-hybridized carbons (Fsp3) is 0.571. The highest BCUT2D eigenvalue weighted by Crippen LogP contribution is 2.47. The molecule has 14 heteroatoms. The lowest BCUT2D eigenvalue weighted by molar-refractivity contribution is -0.219. The van der Waals surface area contributed by atoms with E-state index in [1.165, 1.54) is 22.7 Å². The molecule has 1 aliphatic heterocycles. The van der Waals surface area contributed by atoms with E-state index in [0.29, 0.717) is 34.2 Å². The second-order valence-corrected chi connectivity index (χ2v) is 14.2. The highest BCUT2D eigenvalue weighted by atomic mass is 32.2. The molecule has 1 aliphatic rings. The van der Waals surface area contributed by atoms with E-state index in [4.69, 9.17) is 9.72 Å². The average molecular weight is 626 g/mol. The number of halogens is 3. The van der Waals surface area contributed by atoms with Crippen molar-refractivity contribution in [3.8, 4) is 11.7 Å². The molecular formula is C28H38F3N7O2S2. The first kappa shape index (κ1) is 32.1. The van der Waals surface area contributed by atoms with Gasteiger partial charge >= 0.3 is 6.18 Å². The molecule has 1 fully saturated rings. The Balaban J connectivity index is 1.64. The van der Waals surface area contributed by atoms with Gasteiger partial charge in [0, 0.05) is 48.1 Å². The number of carbonyl (C=O) groups is 1. The van der Waals surface area contributed by atoms with E-state index >= 15 is 0 Å². The fourth-order valence-electron chi connectivity index (χ4n) is 4.54. The number of nitrogens with zero attached hydrogens (tertiary/aromatic N) is 6. The molecule has 230 valence electrons. The Morgan fingerprint density at radius 2 is 1.88 bits per heavy atom. The first-order valence-electron chi connectivity index (χ1n) is 13.7. The van der Waals surface area contributed by atoms with Gasteiger partial charge in [0.1, 0.15) is 12.4 Å². The summed E-state index contributed by atoms with van der Waals surface area (Å²) in [7, 11) is 1.82. The van der Waals surface area contributed by atoms with Crippen molar-refractivity contribution in [1.29, 1.82) is 0 Å². The van der Waals surface area contributed by atoms with Crippen molar-refractivity contribution in [1.82, 2.24) is 29.3 Å². The van der Waals surface area contributed by atoms with Crippen LogP contribution in [0.15, 0.2) is 35.5 Å². The Morgan fingerprint density at radius 3 is 2.45 bits per heavy atom. The summed E-state index contributed by atoms with van der Waals surface area (Å²) in [4.78, 5) is 21.4. The number of pyridine rings is 1. The van der Waals surface area contributed by atoms with Gasteiger partial charge in [-0.2, -0.15) is 30.0 Å². The number of alkyl halides is 3. The van der Waals surface area contributed by atoms with Crippen LogP contribution >= 0.6 is 23.7 Å². The van der Waals surface area contributed by atoms with Crippen molar-refractivity contribution in [2.45, 2.75) is 82.0 Å². The van der Waals surface area contributed by atoms with Gasteiger partial charge in [0.15, 0.2) is 5.82 Å². The van der Waals surface area contributed by atoms with E-state index in [1.807, 2.05) is 38.9 Å². The minimum Gasteiger partial charge on any atom is -0.476 e. The largest absolute Gasteiger partial charge is 0.476 e. The van der Waals surface area contributed by atoms with E-state index < -0.39 is 18.2 Å². The minimum absolute atomic E-state index is 0.0492. The molecular weight excluding hydrogens is 587 g/mol. The highest BCUT2D eigenvalue weighted by molar-refractivity contribution is 8.07. The maximum atomic E-state index is 13.5. The van der Waals surface area contributed by atoms with Crippen molar-refractivity contribution >= 4 is 35.4 Å². The van der Waals surface area contributed by atoms with Crippen molar-refractivity contribution in [3.63, 3.8) is 0 Å². The van der Waals surface area contributed by atoms with Crippen molar-refractivity contribution in [2.24, 2.45) is 12.5 Å². The van der Waals surface area contributed by atoms with Crippen LogP contribution in [0.1, 0.15) is 64.0 Å². The first-order valence-corrected chi connectivity index (χ1v) is 15.5. The summed E-state index contributed by atoms with van der Waals surface area (Å²) in [5, 5.41) is 9.76. The van der Waals surface area contributed by atoms with Crippen LogP contribution in [0.4, 0.5) is 19.0 Å². The summed E-state index contributed by atoms with van der Waals surface area (Å²) in [5.74, 6) is 0.647. The van der Waals surface area contributed by atoms with Crippen molar-refractivity contribution in [2.75, 3.05) is 18.1 Å². The zero-order chi connectivity index (χ0) is 31.0. The standard InChI is InChI=1S/C28H38F3N7O2S2/c1-9-37(27(6,7)14-20-18(3)41-20)24-19(25(39)35-42-21-15-36(8)33-17(21)2)10-11-22(32-24)38-13-12-23(34-38)40-16-26(4,5)28(29,30)31/h10-13,15,18,20H,9,14,16H2,1-8H3,(H,35,39)/t18-,20?/m0/s1. The Kier molecular flexibility index (Phi) is 9.17. The Labute approximate surface area is 253 Å². The predicted molar refractivity (Wildman–Crippen MR) is 161 cm³/mol. The lowest BCUT2D eigenvalue weighted by Crippen LogP contribution is -2.46. The molecule has 9 nitrogen and oxygen atoms in total. The molecule has 1 N–H and O–H groups in total. The van der Waals surface area contributed by atoms with Gasteiger partial charge in [-0.25, -0.2) is 9.67 Å². The number of hydrogen-bond acceptors (Lipinski definition) is 8. The zero-order valence-corrected chi connectivity index (χ0v) is 26.7. The predicted octanol–water partition coefficient (Wildman–Crippen LogP) is 6.21. The molecule has 4 heterocycles. The van der Waals surface area contributed by atoms with E-state index in [-0.39, 0.29) is 17.3 Å². The van der Waals surface area contributed by atoms with Gasteiger partial charge in [0.05, 0.1) is 21.6 Å². The smallest absolute Gasteiger partial charge is 0.397 e. The Morgan fingerprint density at radius 1 is 1.19 bits per heavy atom. The molecule has 4 rings (SSSR count). The molecule has 1 unspecified atom stereocenters. The third-order valence-electron chi connectivity index (χ3n) is 7.31. The minimum atomic E-state index is -4.41. The molecule has 0 aliphatic carbocycles. The van der Waals surface area contributed by atoms with E-state index in [1.54, 1.807) is 23.0 Å². The maximum Gasteiger partial charge on any atom is 0.397 e. The molecule has 0 aromatic carbocycles. The number of amides is 1. The quantitative estimate of drug-likeness (QED) is 0.188. The van der Waals surface area contributed by atoms with Gasteiger partial charge in [-0.3, -0.25) is 14.2 Å². The van der Waals surface area contributed by atoms with Gasteiger partial charge < -0.3 is 9.64 Å². The van der Waals surface area contributed by atoms with Crippen LogP contribution in [0.3, 0.4) is 0 Å². The molecule has 1 amide bonds. The SMILES string of the molecule is CCN(c1nc(-n2ccc(OCC(C)(C)C(F)(F)F)n2)ccc1C(=O)NSc1cn(C)nc1C)C(C)(C)CC1S[C@H]1C. The number of carbonyl (C=O) groups excluding carboxylic acids is 1. The maximum absolute atomic E-state index is 13.5. The van der Waals surface area contributed by atoms with E-state index in [9.17, 15) is 18.0 Å². The van der Waals surface area contributed by atoms with Crippen molar-refractivity contribution in [3.05, 3.63) is 41.9 Å². The summed E-state index contributed by atoms with van der Waals surface area (Å²) >= 11 is 3.13. The molecule has 0 radical (unpaired) electrons. The van der Waals surface area contributed by atoms with Crippen LogP contribution < -0.4 is 14.4 Å². The molecule has 42 heavy (non-hydrogen) atoms. The second kappa shape index (κ2) is 12.0. The molecule has 0 spiro atoms. The third-order valence-corrected chi connectivity index (χ3v) is 9.59. The molecule has 0 saturated carbocycles. The van der Waals surface area contributed by atoms with Crippen LogP contribution in [0, 0.1) is 12.3 Å².